The van der Waals surface area contributed by atoms with Crippen LogP contribution in [0.5, 0.6) is 0 Å². The van der Waals surface area contributed by atoms with Gasteiger partial charge in [0.15, 0.2) is 0 Å². The normalized spacial score (nSPS) is 14.7. The van der Waals surface area contributed by atoms with Gasteiger partial charge in [-0.3, -0.25) is 4.79 Å². The van der Waals surface area contributed by atoms with Gasteiger partial charge >= 0.3 is 0 Å². The number of hydrazone groups is 1. The smallest absolute Gasteiger partial charge is 0.272 e. The zero-order chi connectivity index (χ0) is 14.5. The molecule has 108 valence electrons. The molecule has 1 aliphatic rings. The Hall–Kier alpha value is -2.14. The van der Waals surface area contributed by atoms with Crippen molar-refractivity contribution in [3.63, 3.8) is 0 Å². The van der Waals surface area contributed by atoms with E-state index in [-0.39, 0.29) is 5.91 Å². The number of thiophene rings is 1. The van der Waals surface area contributed by atoms with Crippen LogP contribution in [0, 0.1) is 0 Å². The van der Waals surface area contributed by atoms with Crippen LogP contribution in [0.2, 0.25) is 0 Å². The van der Waals surface area contributed by atoms with E-state index < -0.39 is 0 Å². The Balaban J connectivity index is 1.58. The van der Waals surface area contributed by atoms with Gasteiger partial charge < -0.3 is 4.42 Å². The van der Waals surface area contributed by atoms with Crippen LogP contribution in [0.25, 0.3) is 6.08 Å². The third-order valence-electron chi connectivity index (χ3n) is 3.44. The number of aryl methyl sites for hydroxylation is 1. The van der Waals surface area contributed by atoms with Gasteiger partial charge in [0.05, 0.1) is 11.8 Å². The highest BCUT2D eigenvalue weighted by Gasteiger charge is 2.19. The fraction of sp³-hybridized carbons (Fsp3) is 0.250. The molecule has 0 aromatic carbocycles. The SMILES string of the molecule is O=C(N/N=C/C=C/c1ccco1)c1csc2c1CCCC2. The zero-order valence-corrected chi connectivity index (χ0v) is 12.4. The molecular formula is C16H16N2O2S. The molecule has 1 aliphatic carbocycles. The second kappa shape index (κ2) is 6.54. The number of allylic oxidation sites excluding steroid dienone is 1. The molecule has 0 bridgehead atoms. The maximum absolute atomic E-state index is 12.1. The summed E-state index contributed by atoms with van der Waals surface area (Å²) in [6.07, 6.45) is 11.2. The van der Waals surface area contributed by atoms with E-state index in [1.54, 1.807) is 36.0 Å². The minimum Gasteiger partial charge on any atom is -0.465 e. The maximum Gasteiger partial charge on any atom is 0.272 e. The Kier molecular flexibility index (Phi) is 4.31. The van der Waals surface area contributed by atoms with Crippen LogP contribution in [-0.4, -0.2) is 12.1 Å². The lowest BCUT2D eigenvalue weighted by atomic mass is 9.96. The average Bonchev–Trinajstić information content (AvgIpc) is 3.16. The Morgan fingerprint density at radius 1 is 1.38 bits per heavy atom. The molecule has 21 heavy (non-hydrogen) atoms. The van der Waals surface area contributed by atoms with Crippen molar-refractivity contribution in [3.05, 3.63) is 51.6 Å². The number of hydrogen-bond acceptors (Lipinski definition) is 4. The van der Waals surface area contributed by atoms with Gasteiger partial charge in [-0.2, -0.15) is 5.10 Å². The van der Waals surface area contributed by atoms with E-state index in [1.807, 2.05) is 17.5 Å². The van der Waals surface area contributed by atoms with E-state index in [4.69, 9.17) is 4.42 Å². The Bertz CT molecular complexity index is 669. The summed E-state index contributed by atoms with van der Waals surface area (Å²) in [6, 6.07) is 3.67. The number of nitrogens with one attached hydrogen (secondary N) is 1. The van der Waals surface area contributed by atoms with E-state index in [0.717, 1.165) is 24.2 Å². The molecule has 2 aromatic heterocycles. The van der Waals surface area contributed by atoms with Crippen molar-refractivity contribution in [2.75, 3.05) is 0 Å². The summed E-state index contributed by atoms with van der Waals surface area (Å²) in [6.45, 7) is 0. The number of furan rings is 1. The number of carbonyl (C=O) groups excluding carboxylic acids is 1. The average molecular weight is 300 g/mol. The molecule has 5 heteroatoms. The van der Waals surface area contributed by atoms with Crippen molar-refractivity contribution in [2.24, 2.45) is 5.10 Å². The summed E-state index contributed by atoms with van der Waals surface area (Å²) in [4.78, 5) is 13.5. The number of nitrogens with zero attached hydrogens (tertiary/aromatic N) is 1. The van der Waals surface area contributed by atoms with Crippen LogP contribution in [0.3, 0.4) is 0 Å². The fourth-order valence-electron chi connectivity index (χ4n) is 2.41. The first-order chi connectivity index (χ1) is 10.3. The third-order valence-corrected chi connectivity index (χ3v) is 4.52. The monoisotopic (exact) mass is 300 g/mol. The van der Waals surface area contributed by atoms with Gasteiger partial charge in [-0.05, 0) is 55.5 Å². The molecule has 2 heterocycles. The van der Waals surface area contributed by atoms with Crippen molar-refractivity contribution >= 4 is 29.5 Å². The van der Waals surface area contributed by atoms with E-state index in [9.17, 15) is 4.79 Å². The van der Waals surface area contributed by atoms with E-state index in [0.29, 0.717) is 0 Å². The molecule has 1 amide bonds. The number of rotatable bonds is 4. The van der Waals surface area contributed by atoms with Crippen LogP contribution < -0.4 is 5.43 Å². The molecule has 0 saturated heterocycles. The van der Waals surface area contributed by atoms with Crippen LogP contribution in [0.1, 0.15) is 39.4 Å². The lowest BCUT2D eigenvalue weighted by Crippen LogP contribution is -2.19. The number of hydrogen-bond donors (Lipinski definition) is 1. The van der Waals surface area contributed by atoms with Crippen LogP contribution in [0.4, 0.5) is 0 Å². The molecule has 0 fully saturated rings. The zero-order valence-electron chi connectivity index (χ0n) is 11.5. The Morgan fingerprint density at radius 2 is 2.29 bits per heavy atom. The minimum atomic E-state index is -0.128. The van der Waals surface area contributed by atoms with Gasteiger partial charge in [0.2, 0.25) is 0 Å². The van der Waals surface area contributed by atoms with E-state index in [2.05, 4.69) is 10.5 Å². The van der Waals surface area contributed by atoms with Crippen LogP contribution in [-0.2, 0) is 12.8 Å². The third kappa shape index (κ3) is 3.31. The van der Waals surface area contributed by atoms with Gasteiger partial charge in [-0.1, -0.05) is 0 Å². The number of fused-ring (bicyclic) bond motifs is 1. The first-order valence-electron chi connectivity index (χ1n) is 6.97. The summed E-state index contributed by atoms with van der Waals surface area (Å²) < 4.78 is 5.15. The highest BCUT2D eigenvalue weighted by Crippen LogP contribution is 2.30. The predicted octanol–water partition coefficient (Wildman–Crippen LogP) is 3.65. The second-order valence-corrected chi connectivity index (χ2v) is 5.82. The van der Waals surface area contributed by atoms with Gasteiger partial charge in [-0.25, -0.2) is 5.43 Å². The quantitative estimate of drug-likeness (QED) is 0.692. The molecule has 4 nitrogen and oxygen atoms in total. The van der Waals surface area contributed by atoms with Gasteiger partial charge in [0, 0.05) is 16.5 Å². The van der Waals surface area contributed by atoms with Gasteiger partial charge in [0.1, 0.15) is 5.76 Å². The maximum atomic E-state index is 12.1. The molecule has 0 unspecified atom stereocenters. The van der Waals surface area contributed by atoms with Gasteiger partial charge in [0.25, 0.3) is 5.91 Å². The van der Waals surface area contributed by atoms with Gasteiger partial charge in [-0.15, -0.1) is 11.3 Å². The number of amides is 1. The first kappa shape index (κ1) is 13.8. The van der Waals surface area contributed by atoms with Crippen LogP contribution >= 0.6 is 11.3 Å². The molecule has 0 atom stereocenters. The summed E-state index contributed by atoms with van der Waals surface area (Å²) in [5, 5.41) is 5.87. The summed E-state index contributed by atoms with van der Waals surface area (Å²) in [5.41, 5.74) is 4.56. The molecule has 0 aliphatic heterocycles. The molecule has 0 spiro atoms. The lowest BCUT2D eigenvalue weighted by Gasteiger charge is -2.11. The van der Waals surface area contributed by atoms with Crippen molar-refractivity contribution < 1.29 is 9.21 Å². The molecule has 0 radical (unpaired) electrons. The summed E-state index contributed by atoms with van der Waals surface area (Å²) in [5.74, 6) is 0.622. The van der Waals surface area contributed by atoms with Crippen molar-refractivity contribution in [1.29, 1.82) is 0 Å². The lowest BCUT2D eigenvalue weighted by molar-refractivity contribution is 0.0954. The molecule has 1 N–H and O–H groups in total. The van der Waals surface area contributed by atoms with Crippen molar-refractivity contribution in [3.8, 4) is 0 Å². The summed E-state index contributed by atoms with van der Waals surface area (Å²) >= 11 is 1.68. The highest BCUT2D eigenvalue weighted by atomic mass is 32.1. The molecule has 0 saturated carbocycles. The van der Waals surface area contributed by atoms with Crippen molar-refractivity contribution in [2.45, 2.75) is 25.7 Å². The van der Waals surface area contributed by atoms with E-state index in [1.165, 1.54) is 23.3 Å². The topological polar surface area (TPSA) is 54.6 Å². The predicted molar refractivity (Wildman–Crippen MR) is 84.7 cm³/mol. The molecular weight excluding hydrogens is 284 g/mol. The minimum absolute atomic E-state index is 0.128. The van der Waals surface area contributed by atoms with Crippen LogP contribution in [0.15, 0.2) is 39.4 Å². The number of carbonyl (C=O) groups is 1. The Labute approximate surface area is 127 Å². The molecule has 3 rings (SSSR count). The summed E-state index contributed by atoms with van der Waals surface area (Å²) in [7, 11) is 0. The largest absolute Gasteiger partial charge is 0.465 e. The Morgan fingerprint density at radius 3 is 3.14 bits per heavy atom. The highest BCUT2D eigenvalue weighted by molar-refractivity contribution is 7.10. The molecule has 2 aromatic rings. The van der Waals surface area contributed by atoms with E-state index >= 15 is 0 Å². The van der Waals surface area contributed by atoms with Crippen molar-refractivity contribution in [1.82, 2.24) is 5.43 Å². The first-order valence-corrected chi connectivity index (χ1v) is 7.85. The standard InChI is InChI=1S/C16H16N2O2S/c19-16(14-11-21-15-8-2-1-7-13(14)15)18-17-9-3-5-12-6-4-10-20-12/h3-6,9-11H,1-2,7-8H2,(H,18,19)/b5-3+,17-9+. The fourth-order valence-corrected chi connectivity index (χ4v) is 3.53. The second-order valence-electron chi connectivity index (χ2n) is 4.85.